The molecule has 0 saturated heterocycles. The molecule has 6 heteroatoms. The number of benzene rings is 1. The van der Waals surface area contributed by atoms with E-state index >= 15 is 0 Å². The van der Waals surface area contributed by atoms with E-state index in [-0.39, 0.29) is 5.82 Å². The predicted octanol–water partition coefficient (Wildman–Crippen LogP) is 4.95. The Hall–Kier alpha value is -0.940. The lowest BCUT2D eigenvalue weighted by Gasteiger charge is -2.17. The van der Waals surface area contributed by atoms with Crippen LogP contribution in [0.5, 0.6) is 0 Å². The number of halogens is 2. The minimum atomic E-state index is -2.55. The van der Waals surface area contributed by atoms with Crippen LogP contribution in [0.1, 0.15) is 6.92 Å². The number of rotatable bonds is 6. The van der Waals surface area contributed by atoms with E-state index in [1.165, 1.54) is 6.07 Å². The molecule has 114 valence electrons. The Balaban J connectivity index is 3.35. The van der Waals surface area contributed by atoms with Crippen molar-refractivity contribution in [1.82, 2.24) is 0 Å². The summed E-state index contributed by atoms with van der Waals surface area (Å²) in [6.45, 7) is 7.28. The van der Waals surface area contributed by atoms with Gasteiger partial charge in [0.15, 0.2) is 0 Å². The molecule has 0 spiro atoms. The SMILES string of the molecule is C=C/C(=C(\C=NC)Nc1ccc(I)cc1F)[P@](C)(=O)CC. The highest BCUT2D eigenvalue weighted by atomic mass is 127. The summed E-state index contributed by atoms with van der Waals surface area (Å²) in [5, 5.41) is 3.55. The number of nitrogens with one attached hydrogen (secondary N) is 1. The van der Waals surface area contributed by atoms with Crippen LogP contribution in [0.2, 0.25) is 0 Å². The van der Waals surface area contributed by atoms with E-state index in [9.17, 15) is 8.96 Å². The summed E-state index contributed by atoms with van der Waals surface area (Å²) in [4.78, 5) is 3.96. The molecule has 1 aromatic rings. The second-order valence-corrected chi connectivity index (χ2v) is 9.12. The topological polar surface area (TPSA) is 41.5 Å². The van der Waals surface area contributed by atoms with Gasteiger partial charge in [-0.25, -0.2) is 4.39 Å². The monoisotopic (exact) mass is 420 g/mol. The van der Waals surface area contributed by atoms with Crippen molar-refractivity contribution in [3.63, 3.8) is 0 Å². The van der Waals surface area contributed by atoms with Crippen molar-refractivity contribution in [2.75, 3.05) is 25.2 Å². The Bertz CT molecular complexity index is 641. The van der Waals surface area contributed by atoms with Crippen LogP contribution in [0.3, 0.4) is 0 Å². The standard InChI is InChI=1S/C15H19FIN2OP/c1-5-15(21(4,20)6-2)14(10-18-3)19-13-8-7-11(17)9-12(13)16/h5,7-10,19H,1,6H2,2-4H3/b15-14-,18-10?/t21-/m1/s1. The van der Waals surface area contributed by atoms with Gasteiger partial charge in [-0.3, -0.25) is 4.99 Å². The van der Waals surface area contributed by atoms with E-state index in [0.29, 0.717) is 22.9 Å². The summed E-state index contributed by atoms with van der Waals surface area (Å²) >= 11 is 2.05. The Morgan fingerprint density at radius 3 is 2.71 bits per heavy atom. The van der Waals surface area contributed by atoms with Crippen molar-refractivity contribution in [2.24, 2.45) is 4.99 Å². The molecule has 0 aliphatic carbocycles. The summed E-state index contributed by atoms with van der Waals surface area (Å²) in [6.07, 6.45) is 3.60. The zero-order valence-electron chi connectivity index (χ0n) is 12.4. The van der Waals surface area contributed by atoms with E-state index in [4.69, 9.17) is 0 Å². The molecule has 1 N–H and O–H groups in total. The van der Waals surface area contributed by atoms with Crippen molar-refractivity contribution < 1.29 is 8.96 Å². The van der Waals surface area contributed by atoms with Crippen molar-refractivity contribution in [2.45, 2.75) is 6.92 Å². The summed E-state index contributed by atoms with van der Waals surface area (Å²) < 4.78 is 27.4. The van der Waals surface area contributed by atoms with E-state index in [1.807, 2.05) is 29.5 Å². The average Bonchev–Trinajstić information content (AvgIpc) is 2.42. The van der Waals surface area contributed by atoms with Crippen LogP contribution in [0.4, 0.5) is 10.1 Å². The van der Waals surface area contributed by atoms with Gasteiger partial charge in [-0.2, -0.15) is 0 Å². The summed E-state index contributed by atoms with van der Waals surface area (Å²) in [6, 6.07) is 4.88. The molecule has 0 fully saturated rings. The zero-order chi connectivity index (χ0) is 16.0. The molecule has 0 amide bonds. The Morgan fingerprint density at radius 1 is 1.57 bits per heavy atom. The van der Waals surface area contributed by atoms with E-state index < -0.39 is 7.14 Å². The van der Waals surface area contributed by atoms with Crippen LogP contribution >= 0.6 is 29.7 Å². The minimum absolute atomic E-state index is 0.320. The first-order valence-electron chi connectivity index (χ1n) is 6.43. The van der Waals surface area contributed by atoms with Crippen molar-refractivity contribution in [1.29, 1.82) is 0 Å². The second kappa shape index (κ2) is 7.90. The van der Waals surface area contributed by atoms with Gasteiger partial charge in [-0.1, -0.05) is 19.6 Å². The maximum absolute atomic E-state index is 14.0. The average molecular weight is 420 g/mol. The molecule has 0 aromatic heterocycles. The number of nitrogens with zero attached hydrogens (tertiary/aromatic N) is 1. The first-order chi connectivity index (χ1) is 9.85. The number of hydrogen-bond acceptors (Lipinski definition) is 3. The van der Waals surface area contributed by atoms with Gasteiger partial charge < -0.3 is 9.88 Å². The molecule has 0 aliphatic rings. The fraction of sp³-hybridized carbons (Fsp3) is 0.267. The number of anilines is 1. The van der Waals surface area contributed by atoms with Crippen LogP contribution in [0.25, 0.3) is 0 Å². The summed E-state index contributed by atoms with van der Waals surface area (Å²) in [5.41, 5.74) is 0.834. The molecule has 0 saturated carbocycles. The van der Waals surface area contributed by atoms with Crippen LogP contribution in [0.15, 0.2) is 46.9 Å². The van der Waals surface area contributed by atoms with Gasteiger partial charge in [0.05, 0.1) is 11.4 Å². The largest absolute Gasteiger partial charge is 0.351 e. The molecule has 21 heavy (non-hydrogen) atoms. The van der Waals surface area contributed by atoms with Gasteiger partial charge in [-0.05, 0) is 47.5 Å². The highest BCUT2D eigenvalue weighted by Gasteiger charge is 2.20. The Labute approximate surface area is 138 Å². The normalized spacial score (nSPS) is 15.5. The molecular weight excluding hydrogens is 401 g/mol. The smallest absolute Gasteiger partial charge is 0.147 e. The van der Waals surface area contributed by atoms with Gasteiger partial charge in [-0.15, -0.1) is 0 Å². The third-order valence-corrected chi connectivity index (χ3v) is 6.36. The molecule has 0 radical (unpaired) electrons. The number of aliphatic imine (C=N–C) groups is 1. The highest BCUT2D eigenvalue weighted by Crippen LogP contribution is 2.51. The van der Waals surface area contributed by atoms with Gasteiger partial charge in [0.2, 0.25) is 0 Å². The molecule has 0 heterocycles. The number of allylic oxidation sites excluding steroid dienone is 3. The molecule has 1 aromatic carbocycles. The molecule has 0 unspecified atom stereocenters. The van der Waals surface area contributed by atoms with Gasteiger partial charge in [0, 0.05) is 28.3 Å². The maximum Gasteiger partial charge on any atom is 0.147 e. The van der Waals surface area contributed by atoms with Crippen molar-refractivity contribution in [3.05, 3.63) is 51.3 Å². The third kappa shape index (κ3) is 4.78. The Kier molecular flexibility index (Phi) is 6.81. The van der Waals surface area contributed by atoms with E-state index in [0.717, 1.165) is 3.57 Å². The quantitative estimate of drug-likeness (QED) is 0.306. The van der Waals surface area contributed by atoms with Gasteiger partial charge in [0.1, 0.15) is 13.0 Å². The lowest BCUT2D eigenvalue weighted by molar-refractivity contribution is 0.583. The first-order valence-corrected chi connectivity index (χ1v) is 9.85. The maximum atomic E-state index is 14.0. The summed E-state index contributed by atoms with van der Waals surface area (Å²) in [5.74, 6) is -0.366. The van der Waals surface area contributed by atoms with Crippen LogP contribution in [-0.2, 0) is 4.57 Å². The van der Waals surface area contributed by atoms with E-state index in [2.05, 4.69) is 16.9 Å². The van der Waals surface area contributed by atoms with E-state index in [1.54, 1.807) is 38.1 Å². The molecule has 0 aliphatic heterocycles. The minimum Gasteiger partial charge on any atom is -0.351 e. The first kappa shape index (κ1) is 18.1. The van der Waals surface area contributed by atoms with Crippen molar-refractivity contribution >= 4 is 41.6 Å². The van der Waals surface area contributed by atoms with Crippen molar-refractivity contribution in [3.8, 4) is 0 Å². The van der Waals surface area contributed by atoms with Gasteiger partial charge in [0.25, 0.3) is 0 Å². The lowest BCUT2D eigenvalue weighted by Crippen LogP contribution is -2.07. The predicted molar refractivity (Wildman–Crippen MR) is 98.5 cm³/mol. The third-order valence-electron chi connectivity index (χ3n) is 3.04. The molecular formula is C15H19FIN2OP. The lowest BCUT2D eigenvalue weighted by atomic mass is 10.3. The number of hydrogen-bond donors (Lipinski definition) is 1. The van der Waals surface area contributed by atoms with Crippen LogP contribution in [-0.4, -0.2) is 26.1 Å². The van der Waals surface area contributed by atoms with Gasteiger partial charge >= 0.3 is 0 Å². The fourth-order valence-corrected chi connectivity index (χ4v) is 3.56. The second-order valence-electron chi connectivity index (χ2n) is 4.56. The zero-order valence-corrected chi connectivity index (χ0v) is 15.4. The Morgan fingerprint density at radius 2 is 2.24 bits per heavy atom. The fourth-order valence-electron chi connectivity index (χ4n) is 1.76. The van der Waals surface area contributed by atoms with Crippen LogP contribution in [0, 0.1) is 9.39 Å². The molecule has 1 atom stereocenters. The van der Waals surface area contributed by atoms with Crippen LogP contribution < -0.4 is 5.32 Å². The molecule has 1 rings (SSSR count). The molecule has 0 bridgehead atoms. The summed E-state index contributed by atoms with van der Waals surface area (Å²) in [7, 11) is -0.937. The molecule has 3 nitrogen and oxygen atoms in total. The highest BCUT2D eigenvalue weighted by molar-refractivity contribution is 14.1.